The number of ether oxygens (including phenoxy) is 1. The van der Waals surface area contributed by atoms with E-state index in [0.29, 0.717) is 24.5 Å². The third-order valence-electron chi connectivity index (χ3n) is 5.74. The summed E-state index contributed by atoms with van der Waals surface area (Å²) in [5.41, 5.74) is 0. The smallest absolute Gasteiger partial charge is 0.323 e. The lowest BCUT2D eigenvalue weighted by molar-refractivity contribution is -0.146. The lowest BCUT2D eigenvalue weighted by atomic mass is 9.85. The zero-order chi connectivity index (χ0) is 15.5. The van der Waals surface area contributed by atoms with Crippen LogP contribution in [0.15, 0.2) is 0 Å². The van der Waals surface area contributed by atoms with Gasteiger partial charge in [0.2, 0.25) is 5.91 Å². The summed E-state index contributed by atoms with van der Waals surface area (Å²) in [6, 6.07) is 0.494. The molecular formula is C17H28N2O3. The van der Waals surface area contributed by atoms with Crippen LogP contribution in [0, 0.1) is 5.92 Å². The van der Waals surface area contributed by atoms with E-state index >= 15 is 0 Å². The summed E-state index contributed by atoms with van der Waals surface area (Å²) in [7, 11) is 1.45. The van der Waals surface area contributed by atoms with E-state index in [0.717, 1.165) is 25.7 Å². The SMILES string of the molecule is COC(=O)[C@@H]1C[C@@H]2CCCC[C@H]2N1CC(=O)NC1CCCC1. The first-order valence-electron chi connectivity index (χ1n) is 8.82. The van der Waals surface area contributed by atoms with Crippen molar-refractivity contribution in [3.63, 3.8) is 0 Å². The van der Waals surface area contributed by atoms with Crippen LogP contribution in [0.2, 0.25) is 0 Å². The first kappa shape index (κ1) is 15.8. The van der Waals surface area contributed by atoms with E-state index in [1.165, 1.54) is 39.2 Å². The van der Waals surface area contributed by atoms with Crippen molar-refractivity contribution in [1.82, 2.24) is 10.2 Å². The number of rotatable bonds is 4. The monoisotopic (exact) mass is 308 g/mol. The largest absolute Gasteiger partial charge is 0.468 e. The lowest BCUT2D eigenvalue weighted by Crippen LogP contribution is -2.49. The molecule has 124 valence electrons. The second kappa shape index (κ2) is 6.99. The van der Waals surface area contributed by atoms with Gasteiger partial charge < -0.3 is 10.1 Å². The van der Waals surface area contributed by atoms with Gasteiger partial charge in [-0.2, -0.15) is 0 Å². The highest BCUT2D eigenvalue weighted by atomic mass is 16.5. The normalized spacial score (nSPS) is 32.7. The van der Waals surface area contributed by atoms with Crippen LogP contribution in [0.3, 0.4) is 0 Å². The van der Waals surface area contributed by atoms with Gasteiger partial charge in [-0.1, -0.05) is 25.7 Å². The quantitative estimate of drug-likeness (QED) is 0.805. The molecule has 0 unspecified atom stereocenters. The van der Waals surface area contributed by atoms with Crippen molar-refractivity contribution in [2.24, 2.45) is 5.92 Å². The number of esters is 1. The lowest BCUT2D eigenvalue weighted by Gasteiger charge is -2.32. The van der Waals surface area contributed by atoms with Crippen LogP contribution >= 0.6 is 0 Å². The Kier molecular flexibility index (Phi) is 5.01. The van der Waals surface area contributed by atoms with Gasteiger partial charge in [0.05, 0.1) is 13.7 Å². The summed E-state index contributed by atoms with van der Waals surface area (Å²) >= 11 is 0. The van der Waals surface area contributed by atoms with Crippen LogP contribution in [-0.2, 0) is 14.3 Å². The van der Waals surface area contributed by atoms with Crippen LogP contribution in [-0.4, -0.2) is 48.6 Å². The minimum absolute atomic E-state index is 0.0760. The highest BCUT2D eigenvalue weighted by Crippen LogP contribution is 2.39. The molecule has 2 saturated carbocycles. The maximum atomic E-state index is 12.4. The predicted octanol–water partition coefficient (Wildman–Crippen LogP) is 1.85. The summed E-state index contributed by atoms with van der Waals surface area (Å²) in [6.07, 6.45) is 10.2. The van der Waals surface area contributed by atoms with Gasteiger partial charge in [-0.05, 0) is 38.0 Å². The van der Waals surface area contributed by atoms with Gasteiger partial charge in [0.15, 0.2) is 0 Å². The molecule has 2 aliphatic carbocycles. The zero-order valence-electron chi connectivity index (χ0n) is 13.6. The van der Waals surface area contributed by atoms with Gasteiger partial charge in [-0.25, -0.2) is 0 Å². The molecule has 1 heterocycles. The van der Waals surface area contributed by atoms with Gasteiger partial charge in [0, 0.05) is 12.1 Å². The predicted molar refractivity (Wildman–Crippen MR) is 83.3 cm³/mol. The molecule has 0 radical (unpaired) electrons. The van der Waals surface area contributed by atoms with E-state index in [4.69, 9.17) is 4.74 Å². The Morgan fingerprint density at radius 1 is 1.09 bits per heavy atom. The van der Waals surface area contributed by atoms with Crippen LogP contribution in [0.1, 0.15) is 57.8 Å². The molecule has 22 heavy (non-hydrogen) atoms. The van der Waals surface area contributed by atoms with Gasteiger partial charge in [0.1, 0.15) is 6.04 Å². The highest BCUT2D eigenvalue weighted by molar-refractivity contribution is 5.81. The second-order valence-corrected chi connectivity index (χ2v) is 7.11. The molecule has 0 aromatic carbocycles. The third-order valence-corrected chi connectivity index (χ3v) is 5.74. The molecule has 3 fully saturated rings. The van der Waals surface area contributed by atoms with Crippen molar-refractivity contribution in [1.29, 1.82) is 0 Å². The molecule has 0 aromatic rings. The summed E-state index contributed by atoms with van der Waals surface area (Å²) in [5.74, 6) is 0.451. The average molecular weight is 308 g/mol. The molecule has 5 heteroatoms. The molecule has 0 bridgehead atoms. The Hall–Kier alpha value is -1.10. The fourth-order valence-electron chi connectivity index (χ4n) is 4.66. The Bertz CT molecular complexity index is 420. The van der Waals surface area contributed by atoms with Crippen LogP contribution in [0.4, 0.5) is 0 Å². The average Bonchev–Trinajstić information content (AvgIpc) is 3.15. The molecule has 5 nitrogen and oxygen atoms in total. The second-order valence-electron chi connectivity index (χ2n) is 7.11. The number of methoxy groups -OCH3 is 1. The fourth-order valence-corrected chi connectivity index (χ4v) is 4.66. The Labute approximate surface area is 132 Å². The topological polar surface area (TPSA) is 58.6 Å². The van der Waals surface area contributed by atoms with Crippen molar-refractivity contribution in [3.8, 4) is 0 Å². The van der Waals surface area contributed by atoms with Gasteiger partial charge in [0.25, 0.3) is 0 Å². The van der Waals surface area contributed by atoms with Crippen LogP contribution < -0.4 is 5.32 Å². The minimum Gasteiger partial charge on any atom is -0.468 e. The Morgan fingerprint density at radius 3 is 2.50 bits per heavy atom. The first-order valence-corrected chi connectivity index (χ1v) is 8.82. The van der Waals surface area contributed by atoms with E-state index in [1.807, 2.05) is 0 Å². The first-order chi connectivity index (χ1) is 10.7. The number of carbonyl (C=O) groups excluding carboxylic acids is 2. The molecule has 1 N–H and O–H groups in total. The molecule has 0 spiro atoms. The number of likely N-dealkylation sites (tertiary alicyclic amines) is 1. The van der Waals surface area contributed by atoms with Crippen LogP contribution in [0.25, 0.3) is 0 Å². The van der Waals surface area contributed by atoms with Gasteiger partial charge >= 0.3 is 5.97 Å². The van der Waals surface area contributed by atoms with Crippen molar-refractivity contribution in [3.05, 3.63) is 0 Å². The van der Waals surface area contributed by atoms with Crippen molar-refractivity contribution in [2.75, 3.05) is 13.7 Å². The molecule has 3 aliphatic rings. The zero-order valence-corrected chi connectivity index (χ0v) is 13.6. The van der Waals surface area contributed by atoms with Crippen LogP contribution in [0.5, 0.6) is 0 Å². The number of nitrogens with one attached hydrogen (secondary N) is 1. The number of amides is 1. The summed E-state index contributed by atoms with van der Waals surface area (Å²) in [5, 5.41) is 3.15. The number of hydrogen-bond acceptors (Lipinski definition) is 4. The number of nitrogens with zero attached hydrogens (tertiary/aromatic N) is 1. The van der Waals surface area contributed by atoms with Gasteiger partial charge in [-0.3, -0.25) is 14.5 Å². The summed E-state index contributed by atoms with van der Waals surface area (Å²) in [6.45, 7) is 0.345. The van der Waals surface area contributed by atoms with Gasteiger partial charge in [-0.15, -0.1) is 0 Å². The molecular weight excluding hydrogens is 280 g/mol. The van der Waals surface area contributed by atoms with Crippen molar-refractivity contribution >= 4 is 11.9 Å². The molecule has 1 saturated heterocycles. The molecule has 1 aliphatic heterocycles. The number of fused-ring (bicyclic) bond motifs is 1. The minimum atomic E-state index is -0.229. The number of hydrogen-bond donors (Lipinski definition) is 1. The fraction of sp³-hybridized carbons (Fsp3) is 0.882. The Balaban J connectivity index is 1.64. The molecule has 1 amide bonds. The van der Waals surface area contributed by atoms with E-state index in [9.17, 15) is 9.59 Å². The van der Waals surface area contributed by atoms with E-state index in [1.54, 1.807) is 0 Å². The molecule has 3 rings (SSSR count). The third kappa shape index (κ3) is 3.29. The summed E-state index contributed by atoms with van der Waals surface area (Å²) in [4.78, 5) is 26.6. The maximum Gasteiger partial charge on any atom is 0.323 e. The summed E-state index contributed by atoms with van der Waals surface area (Å²) < 4.78 is 4.97. The Morgan fingerprint density at radius 2 is 1.77 bits per heavy atom. The molecule has 0 aromatic heterocycles. The highest BCUT2D eigenvalue weighted by Gasteiger charge is 2.46. The standard InChI is InChI=1S/C17H28N2O3/c1-22-17(21)15-10-12-6-2-5-9-14(12)19(15)11-16(20)18-13-7-3-4-8-13/h12-15H,2-11H2,1H3,(H,18,20)/t12-,14+,15-/m0/s1. The number of carbonyl (C=O) groups is 2. The van der Waals surface area contributed by atoms with E-state index < -0.39 is 0 Å². The maximum absolute atomic E-state index is 12.4. The van der Waals surface area contributed by atoms with Crippen molar-refractivity contribution < 1.29 is 14.3 Å². The van der Waals surface area contributed by atoms with Crippen molar-refractivity contribution in [2.45, 2.75) is 75.9 Å². The van der Waals surface area contributed by atoms with E-state index in [2.05, 4.69) is 10.2 Å². The van der Waals surface area contributed by atoms with E-state index in [-0.39, 0.29) is 17.9 Å². The molecule has 3 atom stereocenters.